The van der Waals surface area contributed by atoms with Gasteiger partial charge in [-0.25, -0.2) is 0 Å². The van der Waals surface area contributed by atoms with E-state index >= 15 is 0 Å². The van der Waals surface area contributed by atoms with Crippen LogP contribution in [-0.4, -0.2) is 46.7 Å². The van der Waals surface area contributed by atoms with Crippen LogP contribution in [0.1, 0.15) is 19.3 Å². The lowest BCUT2D eigenvalue weighted by atomic mass is 10.2. The highest BCUT2D eigenvalue weighted by Gasteiger charge is 2.14. The van der Waals surface area contributed by atoms with Crippen molar-refractivity contribution >= 4 is 18.2 Å². The van der Waals surface area contributed by atoms with Gasteiger partial charge in [0, 0.05) is 19.0 Å². The third-order valence-corrected chi connectivity index (χ3v) is 2.76. The molecule has 0 bridgehead atoms. The summed E-state index contributed by atoms with van der Waals surface area (Å²) in [6, 6.07) is 0. The summed E-state index contributed by atoms with van der Waals surface area (Å²) >= 11 is 0. The highest BCUT2D eigenvalue weighted by atomic mass is 16.4. The maximum atomic E-state index is 11.7. The second-order valence-corrected chi connectivity index (χ2v) is 4.41. The van der Waals surface area contributed by atoms with Gasteiger partial charge in [-0.2, -0.15) is 10.2 Å². The summed E-state index contributed by atoms with van der Waals surface area (Å²) < 4.78 is 0. The Hall–Kier alpha value is -2.71. The number of carboxylic acids is 1. The molecule has 0 aromatic heterocycles. The Balaban J connectivity index is 1.84. The van der Waals surface area contributed by atoms with Gasteiger partial charge < -0.3 is 10.4 Å². The van der Waals surface area contributed by atoms with Crippen molar-refractivity contribution in [2.75, 3.05) is 13.2 Å². The van der Waals surface area contributed by atoms with Crippen molar-refractivity contribution in [2.45, 2.75) is 19.3 Å². The van der Waals surface area contributed by atoms with Crippen LogP contribution in [0.5, 0.6) is 0 Å². The lowest BCUT2D eigenvalue weighted by Crippen LogP contribution is -2.39. The maximum Gasteiger partial charge on any atom is 0.303 e. The van der Waals surface area contributed by atoms with E-state index in [4.69, 9.17) is 5.11 Å². The molecule has 0 aromatic carbocycles. The predicted octanol–water partition coefficient (Wildman–Crippen LogP) is 0.654. The number of hydrazine groups is 1. The number of allylic oxidation sites excluding steroid dienone is 1. The zero-order valence-electron chi connectivity index (χ0n) is 11.3. The average molecular weight is 292 g/mol. The van der Waals surface area contributed by atoms with Crippen LogP contribution in [0.15, 0.2) is 39.4 Å². The van der Waals surface area contributed by atoms with Crippen LogP contribution in [0.2, 0.25) is 0 Å². The van der Waals surface area contributed by atoms with E-state index in [9.17, 15) is 9.59 Å². The Morgan fingerprint density at radius 3 is 2.95 bits per heavy atom. The number of nitrogens with zero attached hydrogens (tertiary/aromatic N) is 5. The zero-order chi connectivity index (χ0) is 15.1. The Kier molecular flexibility index (Phi) is 5.02. The number of azo groups is 1. The number of carbonyl (C=O) groups excluding carboxylic acids is 1. The van der Waals surface area contributed by atoms with Gasteiger partial charge in [0.2, 0.25) is 5.91 Å². The van der Waals surface area contributed by atoms with Gasteiger partial charge in [-0.05, 0) is 12.5 Å². The molecule has 0 saturated carbocycles. The fourth-order valence-corrected chi connectivity index (χ4v) is 1.80. The first-order valence-electron chi connectivity index (χ1n) is 6.48. The third-order valence-electron chi connectivity index (χ3n) is 2.76. The first kappa shape index (κ1) is 14.7. The van der Waals surface area contributed by atoms with Gasteiger partial charge in [0.05, 0.1) is 12.2 Å². The number of rotatable bonds is 6. The SMILES string of the molecule is O=C(O)CCCC(=O)NC1=CN(N2CN=NC=N2)CC=C1. The molecule has 9 heteroatoms. The molecular formula is C12H16N6O3. The molecule has 0 saturated heterocycles. The molecular weight excluding hydrogens is 276 g/mol. The average Bonchev–Trinajstić information content (AvgIpc) is 2.48. The predicted molar refractivity (Wildman–Crippen MR) is 73.6 cm³/mol. The summed E-state index contributed by atoms with van der Waals surface area (Å²) in [7, 11) is 0. The quantitative estimate of drug-likeness (QED) is 0.747. The van der Waals surface area contributed by atoms with Crippen molar-refractivity contribution in [2.24, 2.45) is 15.3 Å². The molecule has 0 atom stereocenters. The number of hydrazone groups is 1. The number of carbonyl (C=O) groups is 2. The van der Waals surface area contributed by atoms with Gasteiger partial charge in [0.25, 0.3) is 0 Å². The van der Waals surface area contributed by atoms with Gasteiger partial charge in [-0.1, -0.05) is 6.08 Å². The van der Waals surface area contributed by atoms with Crippen molar-refractivity contribution in [3.63, 3.8) is 0 Å². The largest absolute Gasteiger partial charge is 0.481 e. The minimum Gasteiger partial charge on any atom is -0.481 e. The smallest absolute Gasteiger partial charge is 0.303 e. The molecule has 0 radical (unpaired) electrons. The van der Waals surface area contributed by atoms with Gasteiger partial charge >= 0.3 is 5.97 Å². The summed E-state index contributed by atoms with van der Waals surface area (Å²) in [5.41, 5.74) is 0.624. The van der Waals surface area contributed by atoms with Gasteiger partial charge in [-0.3, -0.25) is 14.6 Å². The highest BCUT2D eigenvalue weighted by Crippen LogP contribution is 2.11. The molecule has 1 amide bonds. The molecule has 0 aliphatic carbocycles. The fraction of sp³-hybridized carbons (Fsp3) is 0.417. The Bertz CT molecular complexity index is 525. The number of amides is 1. The Morgan fingerprint density at radius 1 is 1.38 bits per heavy atom. The van der Waals surface area contributed by atoms with Crippen LogP contribution in [-0.2, 0) is 9.59 Å². The van der Waals surface area contributed by atoms with E-state index in [0.717, 1.165) is 0 Å². The maximum absolute atomic E-state index is 11.7. The second-order valence-electron chi connectivity index (χ2n) is 4.41. The van der Waals surface area contributed by atoms with Crippen molar-refractivity contribution in [1.29, 1.82) is 0 Å². The molecule has 2 N–H and O–H groups in total. The van der Waals surface area contributed by atoms with E-state index < -0.39 is 5.97 Å². The standard InChI is InChI=1S/C12H16N6O3/c19-11(4-1-5-12(20)21)16-10-3-2-6-17(7-10)18-9-14-13-8-15-18/h2-3,7-8H,1,4-6,9H2,(H,16,19)(H,20,21). The van der Waals surface area contributed by atoms with Crippen LogP contribution < -0.4 is 5.32 Å². The minimum absolute atomic E-state index is 0.0120. The molecule has 2 aliphatic rings. The molecule has 112 valence electrons. The fourth-order valence-electron chi connectivity index (χ4n) is 1.80. The molecule has 0 unspecified atom stereocenters. The molecule has 21 heavy (non-hydrogen) atoms. The van der Waals surface area contributed by atoms with E-state index in [-0.39, 0.29) is 18.7 Å². The first-order chi connectivity index (χ1) is 10.1. The number of aliphatic carboxylic acids is 1. The number of hydrogen-bond acceptors (Lipinski definition) is 7. The molecule has 0 spiro atoms. The molecule has 2 aliphatic heterocycles. The normalized spacial score (nSPS) is 16.9. The van der Waals surface area contributed by atoms with E-state index in [1.165, 1.54) is 6.34 Å². The van der Waals surface area contributed by atoms with Crippen molar-refractivity contribution in [1.82, 2.24) is 15.4 Å². The van der Waals surface area contributed by atoms with Crippen molar-refractivity contribution in [3.05, 3.63) is 24.0 Å². The van der Waals surface area contributed by atoms with Crippen LogP contribution in [0.4, 0.5) is 0 Å². The number of hydrogen-bond donors (Lipinski definition) is 2. The van der Waals surface area contributed by atoms with Crippen molar-refractivity contribution < 1.29 is 14.7 Å². The molecule has 9 nitrogen and oxygen atoms in total. The van der Waals surface area contributed by atoms with E-state index in [0.29, 0.717) is 25.3 Å². The molecule has 2 rings (SSSR count). The summed E-state index contributed by atoms with van der Waals surface area (Å²) in [4.78, 5) is 22.1. The number of carboxylic acid groups (broad SMARTS) is 1. The summed E-state index contributed by atoms with van der Waals surface area (Å²) in [6.07, 6.45) is 7.25. The Labute approximate surface area is 121 Å². The first-order valence-corrected chi connectivity index (χ1v) is 6.48. The highest BCUT2D eigenvalue weighted by molar-refractivity contribution is 5.79. The van der Waals surface area contributed by atoms with E-state index in [1.54, 1.807) is 22.4 Å². The van der Waals surface area contributed by atoms with Crippen LogP contribution in [0, 0.1) is 0 Å². The van der Waals surface area contributed by atoms with Gasteiger partial charge in [-0.15, -0.1) is 10.2 Å². The van der Waals surface area contributed by atoms with Crippen LogP contribution >= 0.6 is 0 Å². The van der Waals surface area contributed by atoms with Crippen molar-refractivity contribution in [3.8, 4) is 0 Å². The van der Waals surface area contributed by atoms with Crippen LogP contribution in [0.25, 0.3) is 0 Å². The lowest BCUT2D eigenvalue weighted by Gasteiger charge is -2.31. The van der Waals surface area contributed by atoms with Gasteiger partial charge in [0.1, 0.15) is 0 Å². The van der Waals surface area contributed by atoms with E-state index in [2.05, 4.69) is 20.6 Å². The second kappa shape index (κ2) is 7.17. The monoisotopic (exact) mass is 292 g/mol. The zero-order valence-corrected chi connectivity index (χ0v) is 11.3. The van der Waals surface area contributed by atoms with Gasteiger partial charge in [0.15, 0.2) is 13.0 Å². The number of nitrogens with one attached hydrogen (secondary N) is 1. The summed E-state index contributed by atoms with van der Waals surface area (Å²) in [6.45, 7) is 0.936. The van der Waals surface area contributed by atoms with Crippen LogP contribution in [0.3, 0.4) is 0 Å². The molecule has 2 heterocycles. The summed E-state index contributed by atoms with van der Waals surface area (Å²) in [5, 5.41) is 26.2. The topological polar surface area (TPSA) is 110 Å². The van der Waals surface area contributed by atoms with E-state index in [1.807, 2.05) is 6.08 Å². The Morgan fingerprint density at radius 2 is 2.24 bits per heavy atom. The minimum atomic E-state index is -0.900. The molecule has 0 aromatic rings. The summed E-state index contributed by atoms with van der Waals surface area (Å²) in [5.74, 6) is -1.11. The third kappa shape index (κ3) is 4.71. The lowest BCUT2D eigenvalue weighted by molar-refractivity contribution is -0.137. The molecule has 0 fully saturated rings.